The first-order chi connectivity index (χ1) is 11.2. The molecule has 4 nitrogen and oxygen atoms in total. The molecule has 0 fully saturated rings. The molecule has 0 unspecified atom stereocenters. The van der Waals surface area contributed by atoms with Crippen LogP contribution in [0.25, 0.3) is 0 Å². The second kappa shape index (κ2) is 5.76. The lowest BCUT2D eigenvalue weighted by atomic mass is 9.94. The van der Waals surface area contributed by atoms with Crippen molar-refractivity contribution in [3.8, 4) is 0 Å². The maximum atomic E-state index is 13.8. The van der Waals surface area contributed by atoms with E-state index in [4.69, 9.17) is 0 Å². The summed E-state index contributed by atoms with van der Waals surface area (Å²) in [5.74, 6) is -0.607. The molecule has 2 aliphatic rings. The summed E-state index contributed by atoms with van der Waals surface area (Å²) in [4.78, 5) is 12.6. The number of hydrogen-bond acceptors (Lipinski definition) is 3. The van der Waals surface area contributed by atoms with E-state index in [9.17, 15) is 9.18 Å². The van der Waals surface area contributed by atoms with Gasteiger partial charge in [-0.2, -0.15) is 0 Å². The summed E-state index contributed by atoms with van der Waals surface area (Å²) in [6.45, 7) is 3.11. The van der Waals surface area contributed by atoms with E-state index in [1.807, 2.05) is 18.2 Å². The number of rotatable bonds is 2. The Morgan fingerprint density at radius 2 is 1.83 bits per heavy atom. The Balaban J connectivity index is 1.63. The molecule has 2 aromatic rings. The highest BCUT2D eigenvalue weighted by Gasteiger charge is 2.20. The summed E-state index contributed by atoms with van der Waals surface area (Å²) in [5, 5.41) is 9.40. The first-order valence-electron chi connectivity index (χ1n) is 7.86. The minimum Gasteiger partial charge on any atom is -0.322 e. The van der Waals surface area contributed by atoms with Crippen molar-refractivity contribution in [1.82, 2.24) is 10.6 Å². The van der Waals surface area contributed by atoms with E-state index in [2.05, 4.69) is 16.0 Å². The van der Waals surface area contributed by atoms with Crippen molar-refractivity contribution in [2.45, 2.75) is 26.1 Å². The monoisotopic (exact) mass is 311 g/mol. The second-order valence-electron chi connectivity index (χ2n) is 6.06. The molecule has 4 rings (SSSR count). The molecule has 23 heavy (non-hydrogen) atoms. The van der Waals surface area contributed by atoms with Crippen LogP contribution < -0.4 is 16.0 Å². The SMILES string of the molecule is O=C(Nc1ccc2c(c1)CNC2)c1cc(F)cc2c1CCNC2. The topological polar surface area (TPSA) is 53.2 Å². The van der Waals surface area contributed by atoms with Crippen molar-refractivity contribution in [3.05, 3.63) is 64.0 Å². The summed E-state index contributed by atoms with van der Waals surface area (Å²) in [6.07, 6.45) is 0.743. The number of fused-ring (bicyclic) bond motifs is 2. The number of hydrogen-bond donors (Lipinski definition) is 3. The molecule has 2 aromatic carbocycles. The number of anilines is 1. The number of amides is 1. The zero-order chi connectivity index (χ0) is 15.8. The number of carbonyl (C=O) groups excluding carboxylic acids is 1. The van der Waals surface area contributed by atoms with Gasteiger partial charge in [0.05, 0.1) is 0 Å². The van der Waals surface area contributed by atoms with Gasteiger partial charge < -0.3 is 16.0 Å². The standard InChI is InChI=1S/C18H18FN3O/c19-14-5-13-10-20-4-3-16(13)17(7-14)18(23)22-15-2-1-11-8-21-9-12(11)6-15/h1-2,5-7,20-21H,3-4,8-10H2,(H,22,23). The third-order valence-electron chi connectivity index (χ3n) is 4.51. The molecule has 1 amide bonds. The minimum absolute atomic E-state index is 0.242. The molecule has 0 saturated carbocycles. The molecule has 0 radical (unpaired) electrons. The molecule has 0 spiro atoms. The highest BCUT2D eigenvalue weighted by atomic mass is 19.1. The van der Waals surface area contributed by atoms with Crippen LogP contribution in [0, 0.1) is 5.82 Å². The molecule has 0 aromatic heterocycles. The number of nitrogens with one attached hydrogen (secondary N) is 3. The Bertz CT molecular complexity index is 788. The van der Waals surface area contributed by atoms with E-state index >= 15 is 0 Å². The van der Waals surface area contributed by atoms with E-state index in [0.717, 1.165) is 42.9 Å². The van der Waals surface area contributed by atoms with Gasteiger partial charge in [0.1, 0.15) is 5.82 Å². The largest absolute Gasteiger partial charge is 0.322 e. The molecule has 0 atom stereocenters. The Morgan fingerprint density at radius 3 is 2.74 bits per heavy atom. The average molecular weight is 311 g/mol. The number of carbonyl (C=O) groups is 1. The van der Waals surface area contributed by atoms with Crippen LogP contribution in [0.5, 0.6) is 0 Å². The molecule has 3 N–H and O–H groups in total. The van der Waals surface area contributed by atoms with E-state index in [-0.39, 0.29) is 11.7 Å². The fourth-order valence-corrected chi connectivity index (χ4v) is 3.36. The van der Waals surface area contributed by atoms with Gasteiger partial charge in [-0.1, -0.05) is 6.07 Å². The van der Waals surface area contributed by atoms with E-state index in [1.165, 1.54) is 23.3 Å². The molecule has 0 bridgehead atoms. The zero-order valence-corrected chi connectivity index (χ0v) is 12.7. The Hall–Kier alpha value is -2.24. The van der Waals surface area contributed by atoms with Crippen LogP contribution in [0.1, 0.15) is 32.6 Å². The highest BCUT2D eigenvalue weighted by molar-refractivity contribution is 6.05. The van der Waals surface area contributed by atoms with Gasteiger partial charge in [-0.3, -0.25) is 4.79 Å². The van der Waals surface area contributed by atoms with Crippen LogP contribution >= 0.6 is 0 Å². The summed E-state index contributed by atoms with van der Waals surface area (Å²) < 4.78 is 13.8. The van der Waals surface area contributed by atoms with Crippen LogP contribution in [0.2, 0.25) is 0 Å². The summed E-state index contributed by atoms with van der Waals surface area (Å²) >= 11 is 0. The Labute approximate surface area is 134 Å². The lowest BCUT2D eigenvalue weighted by Crippen LogP contribution is -2.27. The van der Waals surface area contributed by atoms with E-state index < -0.39 is 0 Å². The van der Waals surface area contributed by atoms with Crippen LogP contribution in [-0.4, -0.2) is 12.5 Å². The van der Waals surface area contributed by atoms with Crippen LogP contribution in [0.4, 0.5) is 10.1 Å². The molecule has 2 aliphatic heterocycles. The third kappa shape index (κ3) is 2.73. The van der Waals surface area contributed by atoms with Crippen molar-refractivity contribution < 1.29 is 9.18 Å². The van der Waals surface area contributed by atoms with Crippen LogP contribution in [-0.2, 0) is 26.1 Å². The van der Waals surface area contributed by atoms with Crippen LogP contribution in [0.15, 0.2) is 30.3 Å². The molecule has 5 heteroatoms. The van der Waals surface area contributed by atoms with Gasteiger partial charge in [-0.15, -0.1) is 0 Å². The Morgan fingerprint density at radius 1 is 1.00 bits per heavy atom. The van der Waals surface area contributed by atoms with Crippen molar-refractivity contribution in [1.29, 1.82) is 0 Å². The smallest absolute Gasteiger partial charge is 0.256 e. The van der Waals surface area contributed by atoms with Gasteiger partial charge in [0.2, 0.25) is 0 Å². The fraction of sp³-hybridized carbons (Fsp3) is 0.278. The normalized spacial score (nSPS) is 15.9. The highest BCUT2D eigenvalue weighted by Crippen LogP contribution is 2.24. The Kier molecular flexibility index (Phi) is 3.59. The minimum atomic E-state index is -0.365. The lowest BCUT2D eigenvalue weighted by molar-refractivity contribution is 0.102. The van der Waals surface area contributed by atoms with Crippen molar-refractivity contribution >= 4 is 11.6 Å². The number of halogens is 1. The van der Waals surface area contributed by atoms with Gasteiger partial charge in [0, 0.05) is 30.9 Å². The molecule has 0 saturated heterocycles. The molecular weight excluding hydrogens is 293 g/mol. The van der Waals surface area contributed by atoms with Gasteiger partial charge >= 0.3 is 0 Å². The fourth-order valence-electron chi connectivity index (χ4n) is 3.36. The number of benzene rings is 2. The molecule has 0 aliphatic carbocycles. The van der Waals surface area contributed by atoms with E-state index in [1.54, 1.807) is 0 Å². The summed E-state index contributed by atoms with van der Waals surface area (Å²) in [5.41, 5.74) is 5.49. The predicted molar refractivity (Wildman–Crippen MR) is 86.7 cm³/mol. The maximum absolute atomic E-state index is 13.8. The summed E-state index contributed by atoms with van der Waals surface area (Å²) in [6, 6.07) is 8.77. The van der Waals surface area contributed by atoms with Gasteiger partial charge in [0.15, 0.2) is 0 Å². The molecule has 2 heterocycles. The molecule has 118 valence electrons. The van der Waals surface area contributed by atoms with E-state index in [0.29, 0.717) is 12.1 Å². The van der Waals surface area contributed by atoms with Gasteiger partial charge in [-0.25, -0.2) is 4.39 Å². The zero-order valence-electron chi connectivity index (χ0n) is 12.7. The average Bonchev–Trinajstić information content (AvgIpc) is 3.01. The van der Waals surface area contributed by atoms with Crippen molar-refractivity contribution in [2.75, 3.05) is 11.9 Å². The van der Waals surface area contributed by atoms with Crippen molar-refractivity contribution in [2.24, 2.45) is 0 Å². The second-order valence-corrected chi connectivity index (χ2v) is 6.06. The quantitative estimate of drug-likeness (QED) is 0.798. The predicted octanol–water partition coefficient (Wildman–Crippen LogP) is 2.33. The molecular formula is C18H18FN3O. The van der Waals surface area contributed by atoms with Gasteiger partial charge in [0.25, 0.3) is 5.91 Å². The van der Waals surface area contributed by atoms with Gasteiger partial charge in [-0.05, 0) is 59.5 Å². The summed E-state index contributed by atoms with van der Waals surface area (Å²) in [7, 11) is 0. The third-order valence-corrected chi connectivity index (χ3v) is 4.51. The first-order valence-corrected chi connectivity index (χ1v) is 7.86. The first kappa shape index (κ1) is 14.4. The maximum Gasteiger partial charge on any atom is 0.256 e. The van der Waals surface area contributed by atoms with Crippen molar-refractivity contribution in [3.63, 3.8) is 0 Å². The lowest BCUT2D eigenvalue weighted by Gasteiger charge is -2.20. The van der Waals surface area contributed by atoms with Crippen LogP contribution in [0.3, 0.4) is 0 Å².